The number of para-hydroxylation sites is 2. The smallest absolute Gasteiger partial charge is 0.398 e. The van der Waals surface area contributed by atoms with Gasteiger partial charge in [0.2, 0.25) is 24.9 Å². The number of carbonyl (C=O) groups excluding carboxylic acids is 1. The van der Waals surface area contributed by atoms with Crippen LogP contribution < -0.4 is 19.9 Å². The molecule has 0 aliphatic carbocycles. The highest BCUT2D eigenvalue weighted by Crippen LogP contribution is 2.38. The number of ketones is 1. The molecule has 16 nitrogen and oxygen atoms in total. The molecule has 2 heterocycles. The van der Waals surface area contributed by atoms with Crippen molar-refractivity contribution in [1.82, 2.24) is 9.97 Å². The minimum absolute atomic E-state index is 0.0117. The fourth-order valence-electron chi connectivity index (χ4n) is 5.55. The van der Waals surface area contributed by atoms with Crippen LogP contribution in [0, 0.1) is 5.41 Å². The molecular formula is C40H30Cl5F6N7O9S4. The molecule has 2 aromatic heterocycles. The van der Waals surface area contributed by atoms with Crippen LogP contribution in [0.15, 0.2) is 119 Å². The lowest BCUT2D eigenvalue weighted by atomic mass is 10.0. The van der Waals surface area contributed by atoms with Crippen LogP contribution in [0.3, 0.4) is 0 Å². The number of nitrogen functional groups attached to an aromatic ring is 1. The molecule has 0 spiro atoms. The SMILES string of the molecule is CS(=O)(=O)Cl.CS(=O)(=O)Nc1ccccc1C(=N)c1ncc(Cl)cc1NS(=O)(=O)c1ccc(Cl)c(C(F)(F)F)c1.Nc1ccccc1C(=O)c1ncc(Cl)cc1NS(=O)(=O)c1ccc(Cl)c(C(F)(F)F)c1. The fraction of sp³-hybridized carbons (Fsp3) is 0.100. The number of hydrogen-bond acceptors (Lipinski definition) is 13. The first-order valence-electron chi connectivity index (χ1n) is 18.5. The first-order valence-corrected chi connectivity index (χ1v) is 27.6. The van der Waals surface area contributed by atoms with Crippen molar-refractivity contribution < 1.29 is 64.8 Å². The largest absolute Gasteiger partial charge is 0.417 e. The van der Waals surface area contributed by atoms with Gasteiger partial charge >= 0.3 is 12.4 Å². The van der Waals surface area contributed by atoms with E-state index in [1.54, 1.807) is 12.1 Å². The quantitative estimate of drug-likeness (QED) is 0.0252. The first kappa shape index (κ1) is 58.1. The van der Waals surface area contributed by atoms with Crippen LogP contribution in [0.25, 0.3) is 0 Å². The fourth-order valence-corrected chi connectivity index (χ4v) is 9.06. The Kier molecular flexibility index (Phi) is 18.5. The lowest BCUT2D eigenvalue weighted by molar-refractivity contribution is -0.138. The van der Waals surface area contributed by atoms with Crippen molar-refractivity contribution in [3.05, 3.63) is 163 Å². The Bertz CT molecular complexity index is 3500. The maximum Gasteiger partial charge on any atom is 0.417 e. The van der Waals surface area contributed by atoms with E-state index in [9.17, 15) is 64.8 Å². The van der Waals surface area contributed by atoms with Gasteiger partial charge in [0.15, 0.2) is 0 Å². The highest BCUT2D eigenvalue weighted by Gasteiger charge is 2.36. The van der Waals surface area contributed by atoms with Crippen LogP contribution in [0.4, 0.5) is 49.1 Å². The van der Waals surface area contributed by atoms with E-state index in [0.717, 1.165) is 61.3 Å². The number of hydrogen-bond donors (Lipinski definition) is 5. The van der Waals surface area contributed by atoms with E-state index in [1.165, 1.54) is 36.4 Å². The molecule has 0 amide bonds. The molecule has 6 N–H and O–H groups in total. The van der Waals surface area contributed by atoms with Gasteiger partial charge in [0, 0.05) is 39.9 Å². The van der Waals surface area contributed by atoms with E-state index >= 15 is 0 Å². The Morgan fingerprint density at radius 1 is 0.577 bits per heavy atom. The Balaban J connectivity index is 0.000000283. The van der Waals surface area contributed by atoms with Crippen molar-refractivity contribution in [2.24, 2.45) is 0 Å². The summed E-state index contributed by atoms with van der Waals surface area (Å²) in [7, 11) is -11.6. The molecule has 0 radical (unpaired) electrons. The van der Waals surface area contributed by atoms with Gasteiger partial charge in [-0.05, 0) is 66.7 Å². The van der Waals surface area contributed by atoms with Gasteiger partial charge in [-0.15, -0.1) is 0 Å². The molecule has 0 aliphatic heterocycles. The molecule has 4 aromatic carbocycles. The van der Waals surface area contributed by atoms with Gasteiger partial charge < -0.3 is 5.73 Å². The second kappa shape index (κ2) is 22.5. The zero-order chi connectivity index (χ0) is 53.7. The third-order valence-corrected chi connectivity index (χ3v) is 12.8. The summed E-state index contributed by atoms with van der Waals surface area (Å²) in [5, 5.41) is 7.16. The lowest BCUT2D eigenvalue weighted by Gasteiger charge is -2.16. The molecule has 6 rings (SSSR count). The molecule has 0 atom stereocenters. The number of anilines is 4. The summed E-state index contributed by atoms with van der Waals surface area (Å²) >= 11 is 22.9. The van der Waals surface area contributed by atoms with E-state index in [2.05, 4.69) is 34.8 Å². The van der Waals surface area contributed by atoms with E-state index < -0.39 is 93.9 Å². The van der Waals surface area contributed by atoms with E-state index in [1.807, 2.05) is 0 Å². The second-order valence-electron chi connectivity index (χ2n) is 14.0. The maximum atomic E-state index is 13.2. The lowest BCUT2D eigenvalue weighted by Crippen LogP contribution is -2.19. The number of alkyl halides is 6. The second-order valence-corrected chi connectivity index (χ2v) is 23.8. The van der Waals surface area contributed by atoms with Gasteiger partial charge in [0.25, 0.3) is 20.0 Å². The molecule has 71 heavy (non-hydrogen) atoms. The van der Waals surface area contributed by atoms with Crippen molar-refractivity contribution in [2.75, 3.05) is 32.4 Å². The summed E-state index contributed by atoms with van der Waals surface area (Å²) in [6, 6.07) is 18.2. The third-order valence-electron chi connectivity index (χ3n) is 8.45. The molecule has 31 heteroatoms. The number of nitrogens with one attached hydrogen (secondary N) is 4. The van der Waals surface area contributed by atoms with Crippen molar-refractivity contribution >= 4 is 130 Å². The minimum Gasteiger partial charge on any atom is -0.398 e. The van der Waals surface area contributed by atoms with Gasteiger partial charge in [0.1, 0.15) is 11.4 Å². The standard InChI is InChI=1S/C20H15Cl2F3N4O4S2.C19H12Cl2F3N3O3S.CH3ClO2S/c1-34(30,31)28-16-5-3-2-4-13(16)18(26)19-17(8-11(21)10-27-19)29-35(32,33)12-6-7-15(22)14(9-12)20(23,24)25;20-10-7-16(17(26-9-10)18(28)12-3-1-2-4-15(12)25)27-31(29,30)11-5-6-14(21)13(8-11)19(22,23)24;1-5(2,3)4/h2-10,26,28-29H,1H3;1-9,27H,25H2;1H3. The summed E-state index contributed by atoms with van der Waals surface area (Å²) < 4.78 is 179. The van der Waals surface area contributed by atoms with Crippen LogP contribution in [-0.4, -0.2) is 67.6 Å². The summed E-state index contributed by atoms with van der Waals surface area (Å²) in [4.78, 5) is 19.3. The number of halogens is 11. The molecule has 0 unspecified atom stereocenters. The van der Waals surface area contributed by atoms with Crippen LogP contribution >= 0.6 is 57.1 Å². The Morgan fingerprint density at radius 3 is 1.39 bits per heavy atom. The summed E-state index contributed by atoms with van der Waals surface area (Å²) in [5.41, 5.74) is 1.76. The predicted octanol–water partition coefficient (Wildman–Crippen LogP) is 10.2. The van der Waals surface area contributed by atoms with Crippen molar-refractivity contribution in [3.8, 4) is 0 Å². The van der Waals surface area contributed by atoms with Crippen LogP contribution in [0.2, 0.25) is 20.1 Å². The number of benzene rings is 4. The van der Waals surface area contributed by atoms with Crippen LogP contribution in [0.1, 0.15) is 38.4 Å². The van der Waals surface area contributed by atoms with Gasteiger partial charge in [0.05, 0.1) is 76.3 Å². The topological polar surface area (TPSA) is 265 Å². The zero-order valence-corrected chi connectivity index (χ0v) is 42.4. The Labute approximate surface area is 425 Å². The predicted molar refractivity (Wildman–Crippen MR) is 259 cm³/mol. The average molecular weight is 1170 g/mol. The average Bonchev–Trinajstić information content (AvgIpc) is 3.22. The van der Waals surface area contributed by atoms with Gasteiger partial charge in [-0.25, -0.2) is 38.7 Å². The normalized spacial score (nSPS) is 12.1. The number of carbonyl (C=O) groups is 1. The van der Waals surface area contributed by atoms with E-state index in [0.29, 0.717) is 12.1 Å². The zero-order valence-electron chi connectivity index (χ0n) is 35.3. The van der Waals surface area contributed by atoms with Crippen molar-refractivity contribution in [3.63, 3.8) is 0 Å². The molecule has 380 valence electrons. The highest BCUT2D eigenvalue weighted by atomic mass is 35.7. The Hall–Kier alpha value is -5.45. The summed E-state index contributed by atoms with van der Waals surface area (Å²) in [5.74, 6) is -0.709. The minimum atomic E-state index is -4.90. The molecule has 0 saturated heterocycles. The number of nitrogens with zero attached hydrogens (tertiary/aromatic N) is 2. The molecule has 0 aliphatic rings. The van der Waals surface area contributed by atoms with Gasteiger partial charge in [-0.1, -0.05) is 76.7 Å². The van der Waals surface area contributed by atoms with E-state index in [-0.39, 0.29) is 55.3 Å². The number of nitrogens with two attached hydrogens (primary N) is 1. The summed E-state index contributed by atoms with van der Waals surface area (Å²) in [6.45, 7) is 0. The maximum absolute atomic E-state index is 13.2. The third kappa shape index (κ3) is 16.5. The number of aromatic nitrogens is 2. The number of sulfonamides is 3. The first-order chi connectivity index (χ1) is 32.5. The number of pyridine rings is 2. The van der Waals surface area contributed by atoms with Gasteiger partial charge in [-0.2, -0.15) is 26.3 Å². The van der Waals surface area contributed by atoms with Crippen LogP contribution in [-0.2, 0) is 51.5 Å². The molecule has 6 aromatic rings. The van der Waals surface area contributed by atoms with Gasteiger partial charge in [-0.3, -0.25) is 29.4 Å². The molecule has 0 bridgehead atoms. The highest BCUT2D eigenvalue weighted by molar-refractivity contribution is 8.13. The van der Waals surface area contributed by atoms with Crippen LogP contribution in [0.5, 0.6) is 0 Å². The summed E-state index contributed by atoms with van der Waals surface area (Å²) in [6.07, 6.45) is -5.69. The molecule has 0 fully saturated rings. The molecular weight excluding hydrogens is 1140 g/mol. The van der Waals surface area contributed by atoms with E-state index in [4.69, 9.17) is 57.5 Å². The Morgan fingerprint density at radius 2 is 0.972 bits per heavy atom. The monoisotopic (exact) mass is 1170 g/mol. The van der Waals surface area contributed by atoms with Crippen molar-refractivity contribution in [2.45, 2.75) is 22.1 Å². The molecule has 0 saturated carbocycles. The number of rotatable bonds is 12. The van der Waals surface area contributed by atoms with Crippen molar-refractivity contribution in [1.29, 1.82) is 5.41 Å².